The zero-order chi connectivity index (χ0) is 30.8. The molecule has 1 fully saturated rings. The monoisotopic (exact) mass is 582 g/mol. The highest BCUT2D eigenvalue weighted by molar-refractivity contribution is 7.10. The molecule has 3 N–H and O–H groups in total. The SMILES string of the molecule is CC(C)(C)C(=O)OC[C@@H]1O[C@@H](c2cccs2)[C@H](CC(C)(C)C(=O)O)[C@@H](CC(C)(C)C(=O)O)[C@H]1CC(C)(C)C(=O)O. The van der Waals surface area contributed by atoms with E-state index in [1.807, 2.05) is 17.5 Å². The summed E-state index contributed by atoms with van der Waals surface area (Å²) in [5, 5.41) is 32.0. The number of aliphatic carboxylic acids is 3. The zero-order valence-corrected chi connectivity index (χ0v) is 26.0. The normalized spacial score (nSPS) is 24.4. The minimum absolute atomic E-state index is 0.127. The van der Waals surface area contributed by atoms with Crippen molar-refractivity contribution < 1.29 is 44.0 Å². The van der Waals surface area contributed by atoms with Crippen molar-refractivity contribution in [3.05, 3.63) is 22.4 Å². The van der Waals surface area contributed by atoms with Gasteiger partial charge in [-0.2, -0.15) is 0 Å². The molecule has 1 saturated heterocycles. The molecule has 5 atom stereocenters. The Balaban J connectivity index is 2.73. The molecule has 0 amide bonds. The Hall–Kier alpha value is -2.46. The second-order valence-electron chi connectivity index (χ2n) is 14.1. The van der Waals surface area contributed by atoms with Crippen LogP contribution in [0.3, 0.4) is 0 Å². The molecule has 10 heteroatoms. The summed E-state index contributed by atoms with van der Waals surface area (Å²) in [6, 6.07) is 3.77. The Morgan fingerprint density at radius 1 is 0.775 bits per heavy atom. The first-order valence-electron chi connectivity index (χ1n) is 13.7. The van der Waals surface area contributed by atoms with Gasteiger partial charge in [-0.05, 0) is 111 Å². The summed E-state index contributed by atoms with van der Waals surface area (Å²) in [7, 11) is 0. The Kier molecular flexibility index (Phi) is 10.3. The summed E-state index contributed by atoms with van der Waals surface area (Å²) in [6.45, 7) is 14.8. The number of esters is 1. The molecule has 1 aromatic heterocycles. The number of carbonyl (C=O) groups is 4. The number of ether oxygens (including phenoxy) is 2. The Bertz CT molecular complexity index is 1070. The quantitative estimate of drug-likeness (QED) is 0.248. The summed E-state index contributed by atoms with van der Waals surface area (Å²) in [5.41, 5.74) is -4.32. The Morgan fingerprint density at radius 2 is 1.23 bits per heavy atom. The van der Waals surface area contributed by atoms with Crippen molar-refractivity contribution in [2.24, 2.45) is 39.4 Å². The third kappa shape index (κ3) is 8.06. The lowest BCUT2D eigenvalue weighted by Gasteiger charge is -2.51. The van der Waals surface area contributed by atoms with Gasteiger partial charge in [-0.1, -0.05) is 6.07 Å². The van der Waals surface area contributed by atoms with Gasteiger partial charge in [-0.25, -0.2) is 0 Å². The maximum Gasteiger partial charge on any atom is 0.311 e. The molecule has 0 aliphatic carbocycles. The van der Waals surface area contributed by atoms with E-state index in [2.05, 4.69) is 0 Å². The molecule has 1 aliphatic rings. The first-order chi connectivity index (χ1) is 18.1. The van der Waals surface area contributed by atoms with Gasteiger partial charge in [0.15, 0.2) is 0 Å². The lowest BCUT2D eigenvalue weighted by atomic mass is 9.60. The van der Waals surface area contributed by atoms with Gasteiger partial charge in [0.05, 0.1) is 33.9 Å². The molecular weight excluding hydrogens is 536 g/mol. The van der Waals surface area contributed by atoms with E-state index in [9.17, 15) is 34.5 Å². The van der Waals surface area contributed by atoms with Gasteiger partial charge >= 0.3 is 23.9 Å². The molecule has 2 rings (SSSR count). The van der Waals surface area contributed by atoms with Crippen LogP contribution in [-0.2, 0) is 28.7 Å². The molecular formula is C30H46O9S. The molecule has 2 heterocycles. The van der Waals surface area contributed by atoms with Crippen LogP contribution in [0.2, 0.25) is 0 Å². The summed E-state index contributed by atoms with van der Waals surface area (Å²) in [6.07, 6.45) is -0.838. The lowest BCUT2D eigenvalue weighted by molar-refractivity contribution is -0.198. The van der Waals surface area contributed by atoms with Gasteiger partial charge in [0, 0.05) is 4.88 Å². The maximum absolute atomic E-state index is 12.7. The number of hydrogen-bond donors (Lipinski definition) is 3. The molecule has 0 spiro atoms. The van der Waals surface area contributed by atoms with Crippen molar-refractivity contribution >= 4 is 35.2 Å². The third-order valence-corrected chi connectivity index (χ3v) is 9.01. The van der Waals surface area contributed by atoms with Gasteiger partial charge in [-0.15, -0.1) is 11.3 Å². The summed E-state index contributed by atoms with van der Waals surface area (Å²) in [4.78, 5) is 50.4. The molecule has 0 bridgehead atoms. The van der Waals surface area contributed by atoms with Crippen LogP contribution in [0.5, 0.6) is 0 Å². The predicted molar refractivity (Wildman–Crippen MR) is 151 cm³/mol. The third-order valence-electron chi connectivity index (χ3n) is 8.08. The van der Waals surface area contributed by atoms with E-state index < -0.39 is 75.5 Å². The summed E-state index contributed by atoms with van der Waals surface area (Å²) >= 11 is 1.45. The number of thiophene rings is 1. The van der Waals surface area contributed by atoms with Crippen LogP contribution < -0.4 is 0 Å². The molecule has 0 aromatic carbocycles. The van der Waals surface area contributed by atoms with E-state index in [-0.39, 0.29) is 25.9 Å². The largest absolute Gasteiger partial charge is 0.481 e. The second kappa shape index (κ2) is 12.2. The number of carbonyl (C=O) groups excluding carboxylic acids is 1. The van der Waals surface area contributed by atoms with E-state index >= 15 is 0 Å². The number of rotatable bonds is 12. The predicted octanol–water partition coefficient (Wildman–Crippen LogP) is 6.13. The molecule has 0 radical (unpaired) electrons. The van der Waals surface area contributed by atoms with E-state index in [1.165, 1.54) is 11.3 Å². The molecule has 1 aromatic rings. The highest BCUT2D eigenvalue weighted by atomic mass is 32.1. The first kappa shape index (κ1) is 33.7. The summed E-state index contributed by atoms with van der Waals surface area (Å²) in [5.74, 6) is -4.85. The van der Waals surface area contributed by atoms with Crippen LogP contribution >= 0.6 is 11.3 Å². The van der Waals surface area contributed by atoms with Crippen LogP contribution in [0.25, 0.3) is 0 Å². The Morgan fingerprint density at radius 3 is 1.62 bits per heavy atom. The molecule has 226 valence electrons. The van der Waals surface area contributed by atoms with E-state index in [0.717, 1.165) is 4.88 Å². The lowest BCUT2D eigenvalue weighted by Crippen LogP contribution is -2.51. The van der Waals surface area contributed by atoms with Gasteiger partial charge in [0.2, 0.25) is 0 Å². The highest BCUT2D eigenvalue weighted by Crippen LogP contribution is 2.54. The number of carboxylic acids is 3. The van der Waals surface area contributed by atoms with Crippen LogP contribution in [0, 0.1) is 39.4 Å². The van der Waals surface area contributed by atoms with Crippen molar-refractivity contribution in [1.82, 2.24) is 0 Å². The average Bonchev–Trinajstić information content (AvgIpc) is 3.33. The van der Waals surface area contributed by atoms with Crippen LogP contribution in [0.15, 0.2) is 17.5 Å². The molecule has 0 unspecified atom stereocenters. The zero-order valence-electron chi connectivity index (χ0n) is 25.1. The molecule has 40 heavy (non-hydrogen) atoms. The second-order valence-corrected chi connectivity index (χ2v) is 15.1. The van der Waals surface area contributed by atoms with E-state index in [0.29, 0.717) is 0 Å². The molecule has 1 aliphatic heterocycles. The van der Waals surface area contributed by atoms with Gasteiger partial charge in [0.25, 0.3) is 0 Å². The average molecular weight is 583 g/mol. The fourth-order valence-corrected chi connectivity index (χ4v) is 6.19. The van der Waals surface area contributed by atoms with E-state index in [1.54, 1.807) is 62.3 Å². The van der Waals surface area contributed by atoms with Crippen LogP contribution in [0.1, 0.15) is 92.6 Å². The van der Waals surface area contributed by atoms with Gasteiger partial charge in [-0.3, -0.25) is 19.2 Å². The number of carboxylic acid groups (broad SMARTS) is 3. The van der Waals surface area contributed by atoms with Crippen molar-refractivity contribution in [2.45, 2.75) is 93.8 Å². The molecule has 0 saturated carbocycles. The fraction of sp³-hybridized carbons (Fsp3) is 0.733. The van der Waals surface area contributed by atoms with Gasteiger partial charge in [0.1, 0.15) is 6.61 Å². The molecule has 9 nitrogen and oxygen atoms in total. The van der Waals surface area contributed by atoms with Crippen LogP contribution in [-0.4, -0.2) is 51.9 Å². The number of hydrogen-bond acceptors (Lipinski definition) is 7. The van der Waals surface area contributed by atoms with Crippen molar-refractivity contribution in [3.8, 4) is 0 Å². The topological polar surface area (TPSA) is 147 Å². The summed E-state index contributed by atoms with van der Waals surface area (Å²) < 4.78 is 12.4. The first-order valence-corrected chi connectivity index (χ1v) is 14.5. The minimum Gasteiger partial charge on any atom is -0.481 e. The van der Waals surface area contributed by atoms with Crippen molar-refractivity contribution in [1.29, 1.82) is 0 Å². The van der Waals surface area contributed by atoms with Crippen molar-refractivity contribution in [3.63, 3.8) is 0 Å². The standard InChI is InChI=1S/C30H46O9S/c1-27(2,3)26(37)38-16-20-18(14-29(6,7)24(33)34)17(13-28(4,5)23(31)32)19(15-30(8,9)25(35)36)22(39-20)21-11-10-12-40-21/h10-12,17-20,22H,13-16H2,1-9H3,(H,31,32)(H,33,34)(H,35,36)/t17-,18+,19+,20-,22+/m0/s1. The van der Waals surface area contributed by atoms with Crippen LogP contribution in [0.4, 0.5) is 0 Å². The maximum atomic E-state index is 12.7. The van der Waals surface area contributed by atoms with Crippen molar-refractivity contribution in [2.75, 3.05) is 6.61 Å². The highest BCUT2D eigenvalue weighted by Gasteiger charge is 2.53. The minimum atomic E-state index is -1.20. The Labute approximate surface area is 241 Å². The van der Waals surface area contributed by atoms with Gasteiger partial charge < -0.3 is 24.8 Å². The van der Waals surface area contributed by atoms with E-state index in [4.69, 9.17) is 9.47 Å². The fourth-order valence-electron chi connectivity index (χ4n) is 5.35. The smallest absolute Gasteiger partial charge is 0.311 e.